The molecule has 1 fully saturated rings. The third-order valence-electron chi connectivity index (χ3n) is 3.54. The number of hydrogen-bond acceptors (Lipinski definition) is 11. The lowest BCUT2D eigenvalue weighted by Gasteiger charge is -2.21. The molecule has 1 aliphatic rings. The Balaban J connectivity index is 0.000000337. The number of hydrogen-bond donors (Lipinski definition) is 0. The van der Waals surface area contributed by atoms with Gasteiger partial charge in [-0.3, -0.25) is 0 Å². The van der Waals surface area contributed by atoms with Gasteiger partial charge in [-0.1, -0.05) is 5.16 Å². The first-order valence-electron chi connectivity index (χ1n) is 10.8. The van der Waals surface area contributed by atoms with Crippen LogP contribution in [0.15, 0.2) is 10.6 Å². The molecular weight excluding hydrogens is 438 g/mol. The Labute approximate surface area is 193 Å². The summed E-state index contributed by atoms with van der Waals surface area (Å²) >= 11 is 0. The lowest BCUT2D eigenvalue weighted by molar-refractivity contribution is -0.169. The minimum Gasteiger partial charge on any atom is -0.460 e. The summed E-state index contributed by atoms with van der Waals surface area (Å²) in [5.41, 5.74) is -0.828. The Morgan fingerprint density at radius 2 is 1.64 bits per heavy atom. The Morgan fingerprint density at radius 1 is 1.03 bits per heavy atom. The van der Waals surface area contributed by atoms with E-state index in [9.17, 15) is 14.4 Å². The minimum absolute atomic E-state index is 0.0972. The van der Waals surface area contributed by atoms with Gasteiger partial charge in [-0.15, -0.1) is 0 Å². The van der Waals surface area contributed by atoms with Crippen molar-refractivity contribution in [1.82, 2.24) is 5.16 Å². The molecule has 188 valence electrons. The van der Waals surface area contributed by atoms with Crippen molar-refractivity contribution >= 4 is 18.3 Å². The van der Waals surface area contributed by atoms with Gasteiger partial charge in [0.1, 0.15) is 16.9 Å². The summed E-state index contributed by atoms with van der Waals surface area (Å²) < 4.78 is 34.4. The van der Waals surface area contributed by atoms with Gasteiger partial charge in [0.25, 0.3) is 0 Å². The molecule has 11 heteroatoms. The fourth-order valence-electron chi connectivity index (χ4n) is 2.31. The number of aromatic nitrogens is 1. The minimum atomic E-state index is -1.06. The van der Waals surface area contributed by atoms with E-state index in [1.54, 1.807) is 48.5 Å². The molecule has 0 aliphatic carbocycles. The Kier molecular flexibility index (Phi) is 11.3. The molecular formula is C22H35NO10. The number of nitrogens with zero attached hydrogens (tertiary/aromatic N) is 1. The average molecular weight is 474 g/mol. The van der Waals surface area contributed by atoms with Crippen molar-refractivity contribution in [3.05, 3.63) is 17.5 Å². The van der Waals surface area contributed by atoms with Crippen LogP contribution in [0.3, 0.4) is 0 Å². The fraction of sp³-hybridized carbons (Fsp3) is 0.727. The molecule has 0 aromatic carbocycles. The van der Waals surface area contributed by atoms with Gasteiger partial charge >= 0.3 is 18.3 Å². The second kappa shape index (κ2) is 13.1. The van der Waals surface area contributed by atoms with Crippen molar-refractivity contribution in [2.75, 3.05) is 13.2 Å². The van der Waals surface area contributed by atoms with Crippen molar-refractivity contribution in [3.63, 3.8) is 0 Å². The standard InChI is InChI=1S/C12H17NO5.C10H18O5/c1-2-15-12(14)10-7-9(13-18-10)8-17-11-5-3-4-6-16-11;1-9(2,3)14-7(11)13-8(12)15-10(4,5)6/h7,11H,2-6,8H2,1H3;1-6H3. The van der Waals surface area contributed by atoms with Crippen molar-refractivity contribution in [2.24, 2.45) is 0 Å². The number of rotatable bonds is 5. The second-order valence-corrected chi connectivity index (χ2v) is 9.04. The Morgan fingerprint density at radius 3 is 2.12 bits per heavy atom. The second-order valence-electron chi connectivity index (χ2n) is 9.04. The van der Waals surface area contributed by atoms with Crippen LogP contribution in [0.4, 0.5) is 9.59 Å². The molecule has 0 bridgehead atoms. The molecule has 2 rings (SSSR count). The van der Waals surface area contributed by atoms with Crippen LogP contribution >= 0.6 is 0 Å². The van der Waals surface area contributed by atoms with Crippen LogP contribution in [0.2, 0.25) is 0 Å². The number of carbonyl (C=O) groups is 3. The maximum atomic E-state index is 11.3. The van der Waals surface area contributed by atoms with E-state index in [2.05, 4.69) is 9.89 Å². The zero-order chi connectivity index (χ0) is 25.1. The first-order chi connectivity index (χ1) is 15.3. The van der Waals surface area contributed by atoms with E-state index in [4.69, 9.17) is 28.2 Å². The summed E-state index contributed by atoms with van der Waals surface area (Å²) in [5.74, 6) is -0.412. The molecule has 0 amide bonds. The summed E-state index contributed by atoms with van der Waals surface area (Å²) in [5, 5.41) is 3.75. The largest absolute Gasteiger partial charge is 0.519 e. The maximum Gasteiger partial charge on any atom is 0.519 e. The summed E-state index contributed by atoms with van der Waals surface area (Å²) in [7, 11) is 0. The smallest absolute Gasteiger partial charge is 0.460 e. The molecule has 1 aromatic rings. The number of carbonyl (C=O) groups excluding carboxylic acids is 3. The van der Waals surface area contributed by atoms with E-state index in [0.717, 1.165) is 25.9 Å². The molecule has 33 heavy (non-hydrogen) atoms. The molecule has 0 spiro atoms. The highest BCUT2D eigenvalue weighted by Crippen LogP contribution is 2.16. The molecule has 1 saturated heterocycles. The SMILES string of the molecule is CC(C)(C)OC(=O)OC(=O)OC(C)(C)C.CCOC(=O)c1cc(COC2CCCCO2)no1. The summed E-state index contributed by atoms with van der Waals surface area (Å²) in [6.07, 6.45) is 0.784. The molecule has 1 aliphatic heterocycles. The van der Waals surface area contributed by atoms with Gasteiger partial charge in [0.2, 0.25) is 5.76 Å². The Bertz CT molecular complexity index is 728. The molecule has 1 unspecified atom stereocenters. The lowest BCUT2D eigenvalue weighted by atomic mass is 10.2. The number of esters is 1. The third-order valence-corrected chi connectivity index (χ3v) is 3.54. The highest BCUT2D eigenvalue weighted by Gasteiger charge is 2.24. The van der Waals surface area contributed by atoms with Crippen LogP contribution in [0.5, 0.6) is 0 Å². The summed E-state index contributed by atoms with van der Waals surface area (Å²) in [4.78, 5) is 33.4. The fourth-order valence-corrected chi connectivity index (χ4v) is 2.31. The van der Waals surface area contributed by atoms with E-state index in [-0.39, 0.29) is 18.7 Å². The first-order valence-corrected chi connectivity index (χ1v) is 10.8. The van der Waals surface area contributed by atoms with E-state index in [0.29, 0.717) is 12.3 Å². The predicted molar refractivity (Wildman–Crippen MR) is 114 cm³/mol. The maximum absolute atomic E-state index is 11.3. The first kappa shape index (κ1) is 28.4. The van der Waals surface area contributed by atoms with Gasteiger partial charge in [0.15, 0.2) is 6.29 Å². The predicted octanol–water partition coefficient (Wildman–Crippen LogP) is 4.77. The van der Waals surface area contributed by atoms with Crippen molar-refractivity contribution < 1.29 is 47.3 Å². The van der Waals surface area contributed by atoms with Crippen molar-refractivity contribution in [1.29, 1.82) is 0 Å². The lowest BCUT2D eigenvalue weighted by Crippen LogP contribution is -2.29. The van der Waals surface area contributed by atoms with E-state index in [1.165, 1.54) is 6.07 Å². The van der Waals surface area contributed by atoms with Crippen LogP contribution in [0.25, 0.3) is 0 Å². The van der Waals surface area contributed by atoms with E-state index in [1.807, 2.05) is 0 Å². The van der Waals surface area contributed by atoms with Crippen LogP contribution < -0.4 is 0 Å². The van der Waals surface area contributed by atoms with Gasteiger partial charge in [-0.05, 0) is 67.7 Å². The van der Waals surface area contributed by atoms with Crippen LogP contribution in [-0.2, 0) is 35.0 Å². The highest BCUT2D eigenvalue weighted by molar-refractivity contribution is 5.86. The van der Waals surface area contributed by atoms with Gasteiger partial charge in [0, 0.05) is 12.7 Å². The normalized spacial score (nSPS) is 16.2. The van der Waals surface area contributed by atoms with Crippen molar-refractivity contribution in [2.45, 2.75) is 91.8 Å². The van der Waals surface area contributed by atoms with E-state index < -0.39 is 29.5 Å². The van der Waals surface area contributed by atoms with Gasteiger partial charge in [-0.2, -0.15) is 0 Å². The Hall–Kier alpha value is -2.66. The zero-order valence-corrected chi connectivity index (χ0v) is 20.4. The topological polar surface area (TPSA) is 133 Å². The van der Waals surface area contributed by atoms with Crippen LogP contribution in [0, 0.1) is 0 Å². The molecule has 11 nitrogen and oxygen atoms in total. The number of ether oxygens (including phenoxy) is 6. The molecule has 0 N–H and O–H groups in total. The molecule has 1 aromatic heterocycles. The van der Waals surface area contributed by atoms with Gasteiger partial charge in [0.05, 0.1) is 13.2 Å². The summed E-state index contributed by atoms with van der Waals surface area (Å²) in [6, 6.07) is 1.53. The third kappa shape index (κ3) is 13.5. The quantitative estimate of drug-likeness (QED) is 0.333. The van der Waals surface area contributed by atoms with Crippen molar-refractivity contribution in [3.8, 4) is 0 Å². The zero-order valence-electron chi connectivity index (χ0n) is 20.4. The molecule has 2 heterocycles. The molecule has 1 atom stereocenters. The van der Waals surface area contributed by atoms with Gasteiger partial charge < -0.3 is 32.9 Å². The van der Waals surface area contributed by atoms with Crippen LogP contribution in [-0.4, -0.2) is 54.1 Å². The summed E-state index contributed by atoms with van der Waals surface area (Å²) in [6.45, 7) is 13.1. The van der Waals surface area contributed by atoms with Crippen LogP contribution in [0.1, 0.15) is 84.0 Å². The molecule has 0 radical (unpaired) electrons. The van der Waals surface area contributed by atoms with Gasteiger partial charge in [-0.25, -0.2) is 14.4 Å². The molecule has 0 saturated carbocycles. The van der Waals surface area contributed by atoms with E-state index >= 15 is 0 Å². The monoisotopic (exact) mass is 473 g/mol. The highest BCUT2D eigenvalue weighted by atomic mass is 16.8. The average Bonchev–Trinajstić information content (AvgIpc) is 3.14.